The van der Waals surface area contributed by atoms with Crippen LogP contribution in [0.3, 0.4) is 0 Å². The molecule has 1 N–H and O–H groups in total. The van der Waals surface area contributed by atoms with Crippen LogP contribution in [0.25, 0.3) is 11.2 Å². The number of carbonyl (C=O) groups is 1. The molecule has 2 heterocycles. The Balaban J connectivity index is 1.65. The number of hydrogen-bond acceptors (Lipinski definition) is 7. The van der Waals surface area contributed by atoms with Crippen LogP contribution in [0, 0.1) is 5.82 Å². The van der Waals surface area contributed by atoms with Crippen LogP contribution < -0.4 is 15.6 Å². The van der Waals surface area contributed by atoms with E-state index in [1.165, 1.54) is 35.2 Å². The third-order valence-electron chi connectivity index (χ3n) is 4.56. The molecule has 8 nitrogen and oxygen atoms in total. The summed E-state index contributed by atoms with van der Waals surface area (Å²) < 4.78 is 20.6. The van der Waals surface area contributed by atoms with Gasteiger partial charge >= 0.3 is 0 Å². The van der Waals surface area contributed by atoms with Crippen molar-refractivity contribution in [1.82, 2.24) is 19.5 Å². The first kappa shape index (κ1) is 21.4. The van der Waals surface area contributed by atoms with Crippen LogP contribution in [0.5, 0.6) is 5.75 Å². The number of anilines is 1. The normalized spacial score (nSPS) is 10.8. The zero-order chi connectivity index (χ0) is 22.5. The lowest BCUT2D eigenvalue weighted by atomic mass is 10.2. The van der Waals surface area contributed by atoms with E-state index in [2.05, 4.69) is 20.3 Å². The van der Waals surface area contributed by atoms with Crippen LogP contribution in [-0.2, 0) is 11.3 Å². The number of rotatable bonds is 7. The van der Waals surface area contributed by atoms with Gasteiger partial charge in [-0.1, -0.05) is 42.1 Å². The number of aromatic nitrogens is 4. The Morgan fingerprint density at radius 2 is 1.88 bits per heavy atom. The average Bonchev–Trinajstić information content (AvgIpc) is 2.81. The number of amides is 1. The summed E-state index contributed by atoms with van der Waals surface area (Å²) in [4.78, 5) is 38.2. The van der Waals surface area contributed by atoms with Crippen LogP contribution in [-0.4, -0.2) is 38.3 Å². The van der Waals surface area contributed by atoms with Gasteiger partial charge in [-0.05, 0) is 18.2 Å². The number of hydrogen-bond donors (Lipinski definition) is 1. The van der Waals surface area contributed by atoms with Gasteiger partial charge in [-0.3, -0.25) is 14.2 Å². The monoisotopic (exact) mass is 451 g/mol. The molecule has 2 aromatic carbocycles. The minimum absolute atomic E-state index is 0.0849. The molecule has 4 rings (SSSR count). The number of ether oxygens (including phenoxy) is 1. The number of halogens is 1. The molecule has 0 saturated carbocycles. The minimum Gasteiger partial charge on any atom is -0.496 e. The molecule has 162 valence electrons. The highest BCUT2D eigenvalue weighted by atomic mass is 32.2. The summed E-state index contributed by atoms with van der Waals surface area (Å²) in [7, 11) is 1.55. The molecule has 32 heavy (non-hydrogen) atoms. The van der Waals surface area contributed by atoms with Gasteiger partial charge < -0.3 is 10.1 Å². The first-order valence-corrected chi connectivity index (χ1v) is 10.6. The molecule has 10 heteroatoms. The van der Waals surface area contributed by atoms with Crippen LogP contribution >= 0.6 is 11.8 Å². The summed E-state index contributed by atoms with van der Waals surface area (Å²) in [6.07, 6.45) is 2.87. The fourth-order valence-electron chi connectivity index (χ4n) is 3.06. The quantitative estimate of drug-likeness (QED) is 0.340. The standard InChI is InChI=1S/C22H18FN5O3S/c1-31-17-9-5-2-6-14(17)12-28-21(30)19-20(25-11-10-24-19)27-22(28)32-13-18(29)26-16-8-4-3-7-15(16)23/h2-11H,12-13H2,1H3,(H,26,29). The topological polar surface area (TPSA) is 99.0 Å². The summed E-state index contributed by atoms with van der Waals surface area (Å²) in [6, 6.07) is 13.2. The van der Waals surface area contributed by atoms with Crippen molar-refractivity contribution in [2.45, 2.75) is 11.7 Å². The largest absolute Gasteiger partial charge is 0.496 e. The van der Waals surface area contributed by atoms with Gasteiger partial charge in [0, 0.05) is 18.0 Å². The number of nitrogens with one attached hydrogen (secondary N) is 1. The van der Waals surface area contributed by atoms with Crippen molar-refractivity contribution in [3.05, 3.63) is 82.7 Å². The third kappa shape index (κ3) is 4.59. The van der Waals surface area contributed by atoms with Crippen LogP contribution in [0.4, 0.5) is 10.1 Å². The maximum atomic E-state index is 13.8. The van der Waals surface area contributed by atoms with Crippen LogP contribution in [0.2, 0.25) is 0 Å². The summed E-state index contributed by atoms with van der Waals surface area (Å²) in [5.74, 6) is -0.430. The first-order valence-electron chi connectivity index (χ1n) is 9.57. The van der Waals surface area contributed by atoms with Crippen molar-refractivity contribution >= 4 is 34.5 Å². The van der Waals surface area contributed by atoms with E-state index in [-0.39, 0.29) is 39.9 Å². The second-order valence-electron chi connectivity index (χ2n) is 6.64. The van der Waals surface area contributed by atoms with Gasteiger partial charge in [-0.25, -0.2) is 19.3 Å². The highest BCUT2D eigenvalue weighted by Gasteiger charge is 2.17. The van der Waals surface area contributed by atoms with Crippen molar-refractivity contribution in [2.75, 3.05) is 18.2 Å². The molecule has 0 atom stereocenters. The Hall–Kier alpha value is -3.79. The fraction of sp³-hybridized carbons (Fsp3) is 0.136. The summed E-state index contributed by atoms with van der Waals surface area (Å²) >= 11 is 1.05. The lowest BCUT2D eigenvalue weighted by Gasteiger charge is -2.14. The highest BCUT2D eigenvalue weighted by molar-refractivity contribution is 7.99. The van der Waals surface area contributed by atoms with Gasteiger partial charge in [-0.2, -0.15) is 0 Å². The molecule has 0 saturated heterocycles. The molecular formula is C22H18FN5O3S. The molecule has 0 spiro atoms. The fourth-order valence-corrected chi connectivity index (χ4v) is 3.85. The summed E-state index contributed by atoms with van der Waals surface area (Å²) in [5, 5.41) is 2.81. The maximum Gasteiger partial charge on any atom is 0.282 e. The Morgan fingerprint density at radius 1 is 1.12 bits per heavy atom. The molecule has 0 aliphatic carbocycles. The Labute approximate surface area is 186 Å². The molecule has 0 unspecified atom stereocenters. The van der Waals surface area contributed by atoms with Crippen molar-refractivity contribution in [3.8, 4) is 5.75 Å². The molecule has 4 aromatic rings. The van der Waals surface area contributed by atoms with Crippen LogP contribution in [0.15, 0.2) is 70.9 Å². The molecule has 0 aliphatic heterocycles. The lowest BCUT2D eigenvalue weighted by molar-refractivity contribution is -0.113. The third-order valence-corrected chi connectivity index (χ3v) is 5.54. The number of fused-ring (bicyclic) bond motifs is 1. The molecule has 0 radical (unpaired) electrons. The maximum absolute atomic E-state index is 13.8. The zero-order valence-corrected chi connectivity index (χ0v) is 17.8. The number of para-hydroxylation sites is 2. The molecule has 1 amide bonds. The number of methoxy groups -OCH3 is 1. The van der Waals surface area contributed by atoms with E-state index in [1.54, 1.807) is 19.2 Å². The summed E-state index contributed by atoms with van der Waals surface area (Å²) in [5.41, 5.74) is 0.779. The number of nitrogens with zero attached hydrogens (tertiary/aromatic N) is 4. The second kappa shape index (κ2) is 9.56. The Bertz CT molecular complexity index is 1340. The van der Waals surface area contributed by atoms with Gasteiger partial charge in [0.25, 0.3) is 5.56 Å². The Kier molecular flexibility index (Phi) is 6.41. The van der Waals surface area contributed by atoms with E-state index >= 15 is 0 Å². The first-order chi connectivity index (χ1) is 15.6. The van der Waals surface area contributed by atoms with E-state index in [0.717, 1.165) is 17.3 Å². The van der Waals surface area contributed by atoms with Crippen molar-refractivity contribution < 1.29 is 13.9 Å². The van der Waals surface area contributed by atoms with E-state index in [9.17, 15) is 14.0 Å². The lowest BCUT2D eigenvalue weighted by Crippen LogP contribution is -2.26. The SMILES string of the molecule is COc1ccccc1Cn1c(SCC(=O)Nc2ccccc2F)nc2nccnc2c1=O. The predicted molar refractivity (Wildman–Crippen MR) is 119 cm³/mol. The van der Waals surface area contributed by atoms with Gasteiger partial charge in [0.05, 0.1) is 25.1 Å². The van der Waals surface area contributed by atoms with E-state index in [0.29, 0.717) is 5.75 Å². The molecule has 0 aliphatic rings. The van der Waals surface area contributed by atoms with Crippen molar-refractivity contribution in [2.24, 2.45) is 0 Å². The molecule has 2 aromatic heterocycles. The van der Waals surface area contributed by atoms with Gasteiger partial charge in [0.2, 0.25) is 5.91 Å². The van der Waals surface area contributed by atoms with Crippen molar-refractivity contribution in [1.29, 1.82) is 0 Å². The second-order valence-corrected chi connectivity index (χ2v) is 7.59. The van der Waals surface area contributed by atoms with E-state index < -0.39 is 11.7 Å². The van der Waals surface area contributed by atoms with Crippen molar-refractivity contribution in [3.63, 3.8) is 0 Å². The van der Waals surface area contributed by atoms with Gasteiger partial charge in [-0.15, -0.1) is 0 Å². The van der Waals surface area contributed by atoms with Gasteiger partial charge in [0.15, 0.2) is 16.3 Å². The summed E-state index contributed by atoms with van der Waals surface area (Å²) in [6.45, 7) is 0.166. The number of carbonyl (C=O) groups excluding carboxylic acids is 1. The number of thioether (sulfide) groups is 1. The van der Waals surface area contributed by atoms with Gasteiger partial charge in [0.1, 0.15) is 11.6 Å². The predicted octanol–water partition coefficient (Wildman–Crippen LogP) is 3.11. The average molecular weight is 451 g/mol. The molecular weight excluding hydrogens is 433 g/mol. The molecule has 0 bridgehead atoms. The van der Waals surface area contributed by atoms with Crippen LogP contribution in [0.1, 0.15) is 5.56 Å². The Morgan fingerprint density at radius 3 is 2.69 bits per heavy atom. The van der Waals surface area contributed by atoms with E-state index in [4.69, 9.17) is 4.74 Å². The van der Waals surface area contributed by atoms with E-state index in [1.807, 2.05) is 18.2 Å². The minimum atomic E-state index is -0.530. The zero-order valence-electron chi connectivity index (χ0n) is 17.0. The molecule has 0 fully saturated rings. The highest BCUT2D eigenvalue weighted by Crippen LogP contribution is 2.22. The number of benzene rings is 2. The smallest absolute Gasteiger partial charge is 0.282 e.